The Kier molecular flexibility index (Phi) is 2.54. The van der Waals surface area contributed by atoms with Crippen molar-refractivity contribution >= 4 is 39.0 Å². The third-order valence-corrected chi connectivity index (χ3v) is 3.63. The summed E-state index contributed by atoms with van der Waals surface area (Å²) in [5.74, 6) is 0. The van der Waals surface area contributed by atoms with Crippen LogP contribution >= 0.6 is 0 Å². The molecule has 0 saturated heterocycles. The lowest BCUT2D eigenvalue weighted by Gasteiger charge is -2.10. The molecule has 0 aliphatic heterocycles. The maximum absolute atomic E-state index is 6.01. The van der Waals surface area contributed by atoms with E-state index in [-0.39, 0.29) is 0 Å². The minimum absolute atomic E-state index is 0.724. The molecule has 2 heterocycles. The first-order chi connectivity index (χ1) is 10.3. The first-order valence-electron chi connectivity index (χ1n) is 6.80. The monoisotopic (exact) mass is 274 g/mol. The molecule has 0 radical (unpaired) electrons. The highest BCUT2D eigenvalue weighted by Gasteiger charge is 2.10. The number of nitrogen functional groups attached to an aromatic ring is 1. The minimum atomic E-state index is 0.724. The topological polar surface area (TPSA) is 66.7 Å². The van der Waals surface area contributed by atoms with Crippen LogP contribution in [0.4, 0.5) is 17.1 Å². The lowest BCUT2D eigenvalue weighted by molar-refractivity contribution is 1.34. The van der Waals surface area contributed by atoms with Gasteiger partial charge in [-0.05, 0) is 24.3 Å². The van der Waals surface area contributed by atoms with E-state index in [4.69, 9.17) is 5.73 Å². The molecule has 0 atom stereocenters. The van der Waals surface area contributed by atoms with Gasteiger partial charge in [0.25, 0.3) is 0 Å². The summed E-state index contributed by atoms with van der Waals surface area (Å²) in [6, 6.07) is 17.9. The zero-order valence-electron chi connectivity index (χ0n) is 11.3. The summed E-state index contributed by atoms with van der Waals surface area (Å²) in [7, 11) is 0. The zero-order valence-corrected chi connectivity index (χ0v) is 11.3. The van der Waals surface area contributed by atoms with Crippen LogP contribution in [0.5, 0.6) is 0 Å². The number of aromatic nitrogens is 2. The van der Waals surface area contributed by atoms with Gasteiger partial charge in [0.2, 0.25) is 0 Å². The number of rotatable bonds is 2. The summed E-state index contributed by atoms with van der Waals surface area (Å²) < 4.78 is 0. The molecule has 0 spiro atoms. The molecule has 21 heavy (non-hydrogen) atoms. The summed E-state index contributed by atoms with van der Waals surface area (Å²) >= 11 is 0. The number of nitrogens with zero attached hydrogens (tertiary/aromatic N) is 1. The van der Waals surface area contributed by atoms with Crippen LogP contribution in [-0.4, -0.2) is 9.97 Å². The maximum Gasteiger partial charge on any atom is 0.140 e. The molecule has 0 amide bonds. The third kappa shape index (κ3) is 1.89. The SMILES string of the molecule is Nc1ccccc1Nc1ccnc2[nH]c3ccccc3c12. The second kappa shape index (κ2) is 4.52. The highest BCUT2D eigenvalue weighted by molar-refractivity contribution is 6.12. The molecular weight excluding hydrogens is 260 g/mol. The van der Waals surface area contributed by atoms with E-state index < -0.39 is 0 Å². The number of benzene rings is 2. The van der Waals surface area contributed by atoms with E-state index in [9.17, 15) is 0 Å². The Labute approximate surface area is 121 Å². The van der Waals surface area contributed by atoms with E-state index in [0.29, 0.717) is 0 Å². The van der Waals surface area contributed by atoms with Gasteiger partial charge in [0.05, 0.1) is 22.4 Å². The van der Waals surface area contributed by atoms with E-state index >= 15 is 0 Å². The molecule has 4 heteroatoms. The lowest BCUT2D eigenvalue weighted by Crippen LogP contribution is -1.96. The van der Waals surface area contributed by atoms with Gasteiger partial charge in [-0.1, -0.05) is 30.3 Å². The number of anilines is 3. The van der Waals surface area contributed by atoms with Crippen LogP contribution in [0.25, 0.3) is 21.9 Å². The molecule has 0 fully saturated rings. The van der Waals surface area contributed by atoms with E-state index in [1.165, 1.54) is 0 Å². The molecule has 4 nitrogen and oxygen atoms in total. The smallest absolute Gasteiger partial charge is 0.140 e. The first-order valence-corrected chi connectivity index (χ1v) is 6.80. The predicted octanol–water partition coefficient (Wildman–Crippen LogP) is 4.04. The average molecular weight is 274 g/mol. The van der Waals surface area contributed by atoms with E-state index in [1.807, 2.05) is 42.5 Å². The summed E-state index contributed by atoms with van der Waals surface area (Å²) in [6.07, 6.45) is 1.79. The second-order valence-electron chi connectivity index (χ2n) is 4.96. The van der Waals surface area contributed by atoms with Crippen molar-refractivity contribution in [1.29, 1.82) is 0 Å². The lowest BCUT2D eigenvalue weighted by atomic mass is 10.1. The molecule has 0 aliphatic carbocycles. The molecule has 0 bridgehead atoms. The van der Waals surface area contributed by atoms with Crippen molar-refractivity contribution in [1.82, 2.24) is 9.97 Å². The Morgan fingerprint density at radius 3 is 2.62 bits per heavy atom. The quantitative estimate of drug-likeness (QED) is 0.483. The highest BCUT2D eigenvalue weighted by Crippen LogP contribution is 2.33. The zero-order chi connectivity index (χ0) is 14.2. The molecule has 2 aromatic heterocycles. The van der Waals surface area contributed by atoms with Crippen molar-refractivity contribution in [2.24, 2.45) is 0 Å². The fraction of sp³-hybridized carbons (Fsp3) is 0. The van der Waals surface area contributed by atoms with Crippen LogP contribution in [-0.2, 0) is 0 Å². The van der Waals surface area contributed by atoms with E-state index in [0.717, 1.165) is 39.0 Å². The molecule has 0 unspecified atom stereocenters. The van der Waals surface area contributed by atoms with Crippen molar-refractivity contribution in [3.8, 4) is 0 Å². The van der Waals surface area contributed by atoms with Gasteiger partial charge in [0.15, 0.2) is 0 Å². The molecule has 0 aliphatic rings. The average Bonchev–Trinajstić information content (AvgIpc) is 2.89. The summed E-state index contributed by atoms with van der Waals surface area (Å²) in [5, 5.41) is 5.64. The van der Waals surface area contributed by atoms with Gasteiger partial charge >= 0.3 is 0 Å². The van der Waals surface area contributed by atoms with Crippen LogP contribution in [0.1, 0.15) is 0 Å². The van der Waals surface area contributed by atoms with E-state index in [2.05, 4.69) is 27.4 Å². The van der Waals surface area contributed by atoms with Crippen molar-refractivity contribution in [3.63, 3.8) is 0 Å². The number of pyridine rings is 1. The van der Waals surface area contributed by atoms with Crippen LogP contribution < -0.4 is 11.1 Å². The second-order valence-corrected chi connectivity index (χ2v) is 4.96. The van der Waals surface area contributed by atoms with Gasteiger partial charge in [-0.15, -0.1) is 0 Å². The predicted molar refractivity (Wildman–Crippen MR) is 87.7 cm³/mol. The standard InChI is InChI=1S/C17H14N4/c18-12-6-2-4-8-14(12)20-15-9-10-19-17-16(15)11-5-1-3-7-13(11)21-17/h1-10H,18H2,(H2,19,20,21). The number of aromatic amines is 1. The van der Waals surface area contributed by atoms with Crippen LogP contribution in [0.15, 0.2) is 60.8 Å². The van der Waals surface area contributed by atoms with Crippen molar-refractivity contribution < 1.29 is 0 Å². The van der Waals surface area contributed by atoms with Gasteiger partial charge in [-0.25, -0.2) is 4.98 Å². The number of hydrogen-bond donors (Lipinski definition) is 3. The van der Waals surface area contributed by atoms with Gasteiger partial charge in [0, 0.05) is 17.1 Å². The van der Waals surface area contributed by atoms with E-state index in [1.54, 1.807) is 6.20 Å². The number of hydrogen-bond acceptors (Lipinski definition) is 3. The first kappa shape index (κ1) is 11.8. The number of nitrogens with two attached hydrogens (primary N) is 1. The molecule has 4 rings (SSSR count). The molecule has 0 saturated carbocycles. The number of H-pyrrole nitrogens is 1. The number of fused-ring (bicyclic) bond motifs is 3. The highest BCUT2D eigenvalue weighted by atomic mass is 14.9. The fourth-order valence-corrected chi connectivity index (χ4v) is 2.63. The van der Waals surface area contributed by atoms with Crippen molar-refractivity contribution in [3.05, 3.63) is 60.8 Å². The molecular formula is C17H14N4. The summed E-state index contributed by atoms with van der Waals surface area (Å²) in [6.45, 7) is 0. The van der Waals surface area contributed by atoms with Gasteiger partial charge in [-0.2, -0.15) is 0 Å². The van der Waals surface area contributed by atoms with Crippen molar-refractivity contribution in [2.45, 2.75) is 0 Å². The Bertz CT molecular complexity index is 940. The third-order valence-electron chi connectivity index (χ3n) is 3.63. The van der Waals surface area contributed by atoms with Crippen LogP contribution in [0.2, 0.25) is 0 Å². The Morgan fingerprint density at radius 1 is 0.905 bits per heavy atom. The molecule has 102 valence electrons. The van der Waals surface area contributed by atoms with Crippen LogP contribution in [0.3, 0.4) is 0 Å². The number of nitrogens with one attached hydrogen (secondary N) is 2. The molecule has 2 aromatic carbocycles. The van der Waals surface area contributed by atoms with Crippen LogP contribution in [0, 0.1) is 0 Å². The Hall–Kier alpha value is -3.01. The Morgan fingerprint density at radius 2 is 1.71 bits per heavy atom. The molecule has 4 N–H and O–H groups in total. The maximum atomic E-state index is 6.01. The van der Waals surface area contributed by atoms with Crippen molar-refractivity contribution in [2.75, 3.05) is 11.1 Å². The van der Waals surface area contributed by atoms with Gasteiger partial charge in [-0.3, -0.25) is 0 Å². The minimum Gasteiger partial charge on any atom is -0.397 e. The molecule has 4 aromatic rings. The fourth-order valence-electron chi connectivity index (χ4n) is 2.63. The summed E-state index contributed by atoms with van der Waals surface area (Å²) in [4.78, 5) is 7.75. The normalized spacial score (nSPS) is 11.0. The Balaban J connectivity index is 1.94. The summed E-state index contributed by atoms with van der Waals surface area (Å²) in [5.41, 5.74) is 10.6. The van der Waals surface area contributed by atoms with Gasteiger partial charge < -0.3 is 16.0 Å². The van der Waals surface area contributed by atoms with Gasteiger partial charge in [0.1, 0.15) is 5.65 Å². The largest absolute Gasteiger partial charge is 0.397 e. The number of para-hydroxylation sites is 3.